The molecule has 100 valence electrons. The summed E-state index contributed by atoms with van der Waals surface area (Å²) in [6.45, 7) is 4.31. The van der Waals surface area contributed by atoms with E-state index in [1.807, 2.05) is 7.11 Å². The Bertz CT molecular complexity index is 230. The number of ether oxygens (including phenoxy) is 1. The molecule has 0 saturated heterocycles. The van der Waals surface area contributed by atoms with Gasteiger partial charge in [0.2, 0.25) is 0 Å². The molecule has 0 aromatic carbocycles. The minimum atomic E-state index is 0.380. The highest BCUT2D eigenvalue weighted by Gasteiger charge is 2.35. The fourth-order valence-electron chi connectivity index (χ4n) is 3.11. The van der Waals surface area contributed by atoms with Gasteiger partial charge in [-0.05, 0) is 43.6 Å². The van der Waals surface area contributed by atoms with Crippen LogP contribution in [0.1, 0.15) is 45.4 Å². The van der Waals surface area contributed by atoms with E-state index in [0.29, 0.717) is 17.6 Å². The van der Waals surface area contributed by atoms with Crippen LogP contribution in [0.4, 0.5) is 0 Å². The predicted octanol–water partition coefficient (Wildman–Crippen LogP) is 1.91. The Labute approximate surface area is 105 Å². The third kappa shape index (κ3) is 3.21. The van der Waals surface area contributed by atoms with Crippen molar-refractivity contribution in [3.63, 3.8) is 0 Å². The molecule has 0 spiro atoms. The lowest BCUT2D eigenvalue weighted by atomic mass is 9.70. The molecular formula is C14H28N2O. The van der Waals surface area contributed by atoms with E-state index in [-0.39, 0.29) is 0 Å². The summed E-state index contributed by atoms with van der Waals surface area (Å²) in [5.74, 6) is 0.899. The van der Waals surface area contributed by atoms with Crippen LogP contribution in [0.2, 0.25) is 0 Å². The van der Waals surface area contributed by atoms with E-state index in [2.05, 4.69) is 12.2 Å². The molecule has 0 heterocycles. The number of hydrogen-bond donors (Lipinski definition) is 2. The molecule has 3 nitrogen and oxygen atoms in total. The maximum atomic E-state index is 6.02. The zero-order valence-corrected chi connectivity index (χ0v) is 11.4. The molecule has 2 fully saturated rings. The van der Waals surface area contributed by atoms with Gasteiger partial charge in [0.05, 0.1) is 6.10 Å². The van der Waals surface area contributed by atoms with E-state index in [1.165, 1.54) is 38.5 Å². The van der Waals surface area contributed by atoms with Crippen LogP contribution in [0, 0.1) is 11.3 Å². The number of rotatable bonds is 5. The monoisotopic (exact) mass is 240 g/mol. The Morgan fingerprint density at radius 2 is 1.94 bits per heavy atom. The second-order valence-electron chi connectivity index (χ2n) is 6.29. The molecule has 0 atom stereocenters. The SMILES string of the molecule is COC1CC(NCC2(CN)CCC(C)CC2)C1. The third-order valence-electron chi connectivity index (χ3n) is 4.96. The Kier molecular flexibility index (Phi) is 4.45. The molecule has 0 aromatic rings. The van der Waals surface area contributed by atoms with Crippen LogP contribution < -0.4 is 11.1 Å². The average Bonchev–Trinajstić information content (AvgIpc) is 2.30. The summed E-state index contributed by atoms with van der Waals surface area (Å²) in [5.41, 5.74) is 6.40. The summed E-state index contributed by atoms with van der Waals surface area (Å²) >= 11 is 0. The summed E-state index contributed by atoms with van der Waals surface area (Å²) < 4.78 is 5.31. The second-order valence-corrected chi connectivity index (χ2v) is 6.29. The zero-order chi connectivity index (χ0) is 12.3. The molecule has 2 saturated carbocycles. The predicted molar refractivity (Wildman–Crippen MR) is 70.9 cm³/mol. The van der Waals surface area contributed by atoms with E-state index in [4.69, 9.17) is 10.5 Å². The minimum absolute atomic E-state index is 0.380. The van der Waals surface area contributed by atoms with Gasteiger partial charge in [0.15, 0.2) is 0 Å². The van der Waals surface area contributed by atoms with Crippen molar-refractivity contribution in [1.29, 1.82) is 0 Å². The highest BCUT2D eigenvalue weighted by Crippen LogP contribution is 2.38. The van der Waals surface area contributed by atoms with Crippen LogP contribution in [0.3, 0.4) is 0 Å². The van der Waals surface area contributed by atoms with Gasteiger partial charge in [-0.1, -0.05) is 19.8 Å². The average molecular weight is 240 g/mol. The first-order valence-corrected chi connectivity index (χ1v) is 7.14. The summed E-state index contributed by atoms with van der Waals surface area (Å²) in [6.07, 6.45) is 8.15. The number of methoxy groups -OCH3 is 1. The fraction of sp³-hybridized carbons (Fsp3) is 1.00. The first-order chi connectivity index (χ1) is 8.17. The van der Waals surface area contributed by atoms with Gasteiger partial charge < -0.3 is 15.8 Å². The van der Waals surface area contributed by atoms with Gasteiger partial charge in [-0.3, -0.25) is 0 Å². The molecule has 3 N–H and O–H groups in total. The number of nitrogens with two attached hydrogens (primary N) is 1. The molecule has 0 unspecified atom stereocenters. The number of nitrogens with one attached hydrogen (secondary N) is 1. The van der Waals surface area contributed by atoms with E-state index in [0.717, 1.165) is 19.0 Å². The lowest BCUT2D eigenvalue weighted by molar-refractivity contribution is 0.0122. The van der Waals surface area contributed by atoms with Crippen molar-refractivity contribution in [2.24, 2.45) is 17.1 Å². The third-order valence-corrected chi connectivity index (χ3v) is 4.96. The van der Waals surface area contributed by atoms with Gasteiger partial charge >= 0.3 is 0 Å². The van der Waals surface area contributed by atoms with Crippen LogP contribution in [0.5, 0.6) is 0 Å². The maximum Gasteiger partial charge on any atom is 0.0601 e. The molecule has 0 aromatic heterocycles. The molecule has 0 aliphatic heterocycles. The summed E-state index contributed by atoms with van der Waals surface area (Å²) in [7, 11) is 1.81. The molecule has 0 amide bonds. The quantitative estimate of drug-likeness (QED) is 0.771. The Morgan fingerprint density at radius 1 is 1.29 bits per heavy atom. The van der Waals surface area contributed by atoms with Gasteiger partial charge in [-0.15, -0.1) is 0 Å². The number of hydrogen-bond acceptors (Lipinski definition) is 3. The van der Waals surface area contributed by atoms with Gasteiger partial charge in [-0.25, -0.2) is 0 Å². The topological polar surface area (TPSA) is 47.3 Å². The van der Waals surface area contributed by atoms with Crippen LogP contribution in [0.15, 0.2) is 0 Å². The molecule has 2 rings (SSSR count). The lowest BCUT2D eigenvalue weighted by Crippen LogP contribution is -2.51. The van der Waals surface area contributed by atoms with Crippen molar-refractivity contribution >= 4 is 0 Å². The van der Waals surface area contributed by atoms with Crippen molar-refractivity contribution in [3.05, 3.63) is 0 Å². The van der Waals surface area contributed by atoms with Crippen molar-refractivity contribution in [2.75, 3.05) is 20.2 Å². The molecule has 17 heavy (non-hydrogen) atoms. The highest BCUT2D eigenvalue weighted by molar-refractivity contribution is 4.92. The van der Waals surface area contributed by atoms with Crippen LogP contribution in [0.25, 0.3) is 0 Å². The zero-order valence-electron chi connectivity index (χ0n) is 11.4. The van der Waals surface area contributed by atoms with Crippen LogP contribution in [-0.4, -0.2) is 32.3 Å². The van der Waals surface area contributed by atoms with Crippen molar-refractivity contribution < 1.29 is 4.74 Å². The van der Waals surface area contributed by atoms with Crippen molar-refractivity contribution in [2.45, 2.75) is 57.6 Å². The molecule has 0 bridgehead atoms. The standard InChI is InChI=1S/C14H28N2O/c1-11-3-5-14(9-15,6-4-11)10-16-12-7-13(8-12)17-2/h11-13,16H,3-10,15H2,1-2H3. The largest absolute Gasteiger partial charge is 0.381 e. The minimum Gasteiger partial charge on any atom is -0.381 e. The van der Waals surface area contributed by atoms with Crippen LogP contribution >= 0.6 is 0 Å². The molecule has 0 radical (unpaired) electrons. The van der Waals surface area contributed by atoms with E-state index in [1.54, 1.807) is 0 Å². The molecular weight excluding hydrogens is 212 g/mol. The maximum absolute atomic E-state index is 6.02. The smallest absolute Gasteiger partial charge is 0.0601 e. The van der Waals surface area contributed by atoms with Gasteiger partial charge in [0.25, 0.3) is 0 Å². The summed E-state index contributed by atoms with van der Waals surface area (Å²) in [6, 6.07) is 0.669. The summed E-state index contributed by atoms with van der Waals surface area (Å²) in [5, 5.41) is 3.70. The first kappa shape index (κ1) is 13.3. The van der Waals surface area contributed by atoms with Gasteiger partial charge in [0, 0.05) is 19.7 Å². The second kappa shape index (κ2) is 5.68. The molecule has 2 aliphatic carbocycles. The van der Waals surface area contributed by atoms with E-state index < -0.39 is 0 Å². The fourth-order valence-corrected chi connectivity index (χ4v) is 3.11. The Morgan fingerprint density at radius 3 is 2.47 bits per heavy atom. The molecule has 3 heteroatoms. The van der Waals surface area contributed by atoms with E-state index >= 15 is 0 Å². The first-order valence-electron chi connectivity index (χ1n) is 7.14. The summed E-state index contributed by atoms with van der Waals surface area (Å²) in [4.78, 5) is 0. The van der Waals surface area contributed by atoms with Gasteiger partial charge in [0.1, 0.15) is 0 Å². The normalized spacial score (nSPS) is 42.2. The highest BCUT2D eigenvalue weighted by atomic mass is 16.5. The Balaban J connectivity index is 1.72. The van der Waals surface area contributed by atoms with Crippen molar-refractivity contribution in [3.8, 4) is 0 Å². The molecule has 2 aliphatic rings. The lowest BCUT2D eigenvalue weighted by Gasteiger charge is -2.42. The van der Waals surface area contributed by atoms with Crippen LogP contribution in [-0.2, 0) is 4.74 Å². The van der Waals surface area contributed by atoms with E-state index in [9.17, 15) is 0 Å². The Hall–Kier alpha value is -0.120. The van der Waals surface area contributed by atoms with Crippen molar-refractivity contribution in [1.82, 2.24) is 5.32 Å². The van der Waals surface area contributed by atoms with Gasteiger partial charge in [-0.2, -0.15) is 0 Å².